The zero-order valence-corrected chi connectivity index (χ0v) is 12.3. The van der Waals surface area contributed by atoms with Gasteiger partial charge in [0.1, 0.15) is 18.5 Å². The maximum absolute atomic E-state index is 9.80. The number of allylic oxidation sites excluding steroid dienone is 1. The molecule has 1 aromatic rings. The van der Waals surface area contributed by atoms with Crippen LogP contribution in [-0.4, -0.2) is 30.4 Å². The molecule has 0 amide bonds. The van der Waals surface area contributed by atoms with Gasteiger partial charge in [0, 0.05) is 24.0 Å². The van der Waals surface area contributed by atoms with E-state index in [4.69, 9.17) is 16.3 Å². The lowest BCUT2D eigenvalue weighted by Gasteiger charge is -2.16. The van der Waals surface area contributed by atoms with E-state index in [-0.39, 0.29) is 6.61 Å². The van der Waals surface area contributed by atoms with E-state index in [9.17, 15) is 5.11 Å². The van der Waals surface area contributed by atoms with Gasteiger partial charge in [-0.3, -0.25) is 0 Å². The minimum atomic E-state index is -0.533. The minimum absolute atomic E-state index is 0.255. The Hall–Kier alpha value is -1.03. The van der Waals surface area contributed by atoms with Crippen molar-refractivity contribution in [3.05, 3.63) is 41.4 Å². The molecule has 1 aromatic carbocycles. The van der Waals surface area contributed by atoms with E-state index < -0.39 is 6.10 Å². The number of aliphatic hydroxyl groups excluding tert-OH is 1. The Kier molecular flexibility index (Phi) is 6.92. The Labute approximate surface area is 120 Å². The van der Waals surface area contributed by atoms with Crippen LogP contribution in [0.4, 0.5) is 0 Å². The minimum Gasteiger partial charge on any atom is -0.491 e. The normalized spacial score (nSPS) is 12.5. The summed E-state index contributed by atoms with van der Waals surface area (Å²) in [4.78, 5) is 0. The first-order valence-electron chi connectivity index (χ1n) is 6.44. The van der Waals surface area contributed by atoms with E-state index in [1.54, 1.807) is 0 Å². The van der Waals surface area contributed by atoms with Crippen molar-refractivity contribution in [1.82, 2.24) is 5.32 Å². The highest BCUT2D eigenvalue weighted by atomic mass is 35.5. The molecule has 0 fully saturated rings. The highest BCUT2D eigenvalue weighted by molar-refractivity contribution is 6.29. The average Bonchev–Trinajstić information content (AvgIpc) is 2.34. The fourth-order valence-corrected chi connectivity index (χ4v) is 1.76. The zero-order chi connectivity index (χ0) is 14.3. The van der Waals surface area contributed by atoms with Crippen molar-refractivity contribution in [3.8, 4) is 5.75 Å². The first-order valence-corrected chi connectivity index (χ1v) is 6.82. The van der Waals surface area contributed by atoms with E-state index in [0.29, 0.717) is 24.0 Å². The summed E-state index contributed by atoms with van der Waals surface area (Å²) in [6.45, 7) is 8.53. The first-order chi connectivity index (χ1) is 8.99. The smallest absolute Gasteiger partial charge is 0.122 e. The SMILES string of the molecule is C=C(Cl)Cc1ccccc1OCC(O)CNC(C)C. The largest absolute Gasteiger partial charge is 0.491 e. The number of nitrogens with one attached hydrogen (secondary N) is 1. The van der Waals surface area contributed by atoms with Crippen molar-refractivity contribution in [1.29, 1.82) is 0 Å². The lowest BCUT2D eigenvalue weighted by Crippen LogP contribution is -2.35. The molecular weight excluding hydrogens is 262 g/mol. The fraction of sp³-hybridized carbons (Fsp3) is 0.467. The number of hydrogen-bond donors (Lipinski definition) is 2. The number of rotatable bonds is 8. The molecule has 0 spiro atoms. The molecule has 1 rings (SSSR count). The fourth-order valence-electron chi connectivity index (χ4n) is 1.61. The molecule has 0 radical (unpaired) electrons. The van der Waals surface area contributed by atoms with Crippen molar-refractivity contribution >= 4 is 11.6 Å². The van der Waals surface area contributed by atoms with Crippen LogP contribution < -0.4 is 10.1 Å². The highest BCUT2D eigenvalue weighted by Crippen LogP contribution is 2.22. The lowest BCUT2D eigenvalue weighted by atomic mass is 10.1. The van der Waals surface area contributed by atoms with E-state index in [1.807, 2.05) is 38.1 Å². The summed E-state index contributed by atoms with van der Waals surface area (Å²) in [7, 11) is 0. The van der Waals surface area contributed by atoms with Gasteiger partial charge in [0.05, 0.1) is 0 Å². The summed E-state index contributed by atoms with van der Waals surface area (Å²) in [5.41, 5.74) is 0.978. The van der Waals surface area contributed by atoms with E-state index in [0.717, 1.165) is 11.3 Å². The topological polar surface area (TPSA) is 41.5 Å². The number of hydrogen-bond acceptors (Lipinski definition) is 3. The van der Waals surface area contributed by atoms with Gasteiger partial charge in [0.25, 0.3) is 0 Å². The van der Waals surface area contributed by atoms with Gasteiger partial charge in [-0.25, -0.2) is 0 Å². The molecule has 106 valence electrons. The van der Waals surface area contributed by atoms with Crippen LogP contribution in [0.5, 0.6) is 5.75 Å². The number of ether oxygens (including phenoxy) is 1. The maximum atomic E-state index is 9.80. The molecule has 0 bridgehead atoms. The van der Waals surface area contributed by atoms with Crippen LogP contribution in [0.15, 0.2) is 35.9 Å². The van der Waals surface area contributed by atoms with Crippen LogP contribution in [0, 0.1) is 0 Å². The maximum Gasteiger partial charge on any atom is 0.122 e. The predicted molar refractivity (Wildman–Crippen MR) is 79.8 cm³/mol. The van der Waals surface area contributed by atoms with E-state index in [2.05, 4.69) is 11.9 Å². The Balaban J connectivity index is 2.50. The molecule has 4 heteroatoms. The number of para-hydroxylation sites is 1. The molecule has 0 aliphatic carbocycles. The molecular formula is C15H22ClNO2. The third kappa shape index (κ3) is 6.62. The van der Waals surface area contributed by atoms with E-state index >= 15 is 0 Å². The third-order valence-corrected chi connectivity index (χ3v) is 2.68. The number of halogens is 1. The monoisotopic (exact) mass is 283 g/mol. The summed E-state index contributed by atoms with van der Waals surface area (Å²) < 4.78 is 5.64. The molecule has 0 saturated carbocycles. The van der Waals surface area contributed by atoms with Gasteiger partial charge in [0.2, 0.25) is 0 Å². The summed E-state index contributed by atoms with van der Waals surface area (Å²) >= 11 is 5.82. The van der Waals surface area contributed by atoms with Gasteiger partial charge >= 0.3 is 0 Å². The van der Waals surface area contributed by atoms with Crippen molar-refractivity contribution in [2.45, 2.75) is 32.4 Å². The standard InChI is InChI=1S/C15H22ClNO2/c1-11(2)17-9-14(18)10-19-15-7-5-4-6-13(15)8-12(3)16/h4-7,11,14,17-18H,3,8-10H2,1-2H3. The summed E-state index contributed by atoms with van der Waals surface area (Å²) in [5.74, 6) is 0.743. The van der Waals surface area contributed by atoms with Gasteiger partial charge in [-0.15, -0.1) is 0 Å². The molecule has 1 unspecified atom stereocenters. The van der Waals surface area contributed by atoms with Gasteiger partial charge in [-0.05, 0) is 11.6 Å². The second-order valence-corrected chi connectivity index (χ2v) is 5.36. The van der Waals surface area contributed by atoms with Crippen LogP contribution >= 0.6 is 11.6 Å². The summed E-state index contributed by atoms with van der Waals surface area (Å²) in [6.07, 6.45) is 0.0348. The molecule has 0 aliphatic heterocycles. The van der Waals surface area contributed by atoms with Crippen LogP contribution in [0.1, 0.15) is 19.4 Å². The van der Waals surface area contributed by atoms with Gasteiger partial charge in [0.15, 0.2) is 0 Å². The second-order valence-electron chi connectivity index (χ2n) is 4.83. The van der Waals surface area contributed by atoms with Crippen LogP contribution in [0.3, 0.4) is 0 Å². The molecule has 0 saturated heterocycles. The number of benzene rings is 1. The molecule has 0 heterocycles. The van der Waals surface area contributed by atoms with Gasteiger partial charge in [-0.1, -0.05) is 50.2 Å². The van der Waals surface area contributed by atoms with Gasteiger partial charge in [-0.2, -0.15) is 0 Å². The summed E-state index contributed by atoms with van der Waals surface area (Å²) in [6, 6.07) is 7.99. The first kappa shape index (κ1) is 16.0. The van der Waals surface area contributed by atoms with Gasteiger partial charge < -0.3 is 15.2 Å². The molecule has 0 aliphatic rings. The van der Waals surface area contributed by atoms with Crippen LogP contribution in [-0.2, 0) is 6.42 Å². The predicted octanol–water partition coefficient (Wildman–Crippen LogP) is 2.72. The van der Waals surface area contributed by atoms with Crippen molar-refractivity contribution in [2.75, 3.05) is 13.2 Å². The Morgan fingerprint density at radius 2 is 2.11 bits per heavy atom. The van der Waals surface area contributed by atoms with Crippen molar-refractivity contribution in [3.63, 3.8) is 0 Å². The summed E-state index contributed by atoms with van der Waals surface area (Å²) in [5, 5.41) is 13.5. The van der Waals surface area contributed by atoms with Crippen molar-refractivity contribution < 1.29 is 9.84 Å². The second kappa shape index (κ2) is 8.20. The van der Waals surface area contributed by atoms with E-state index in [1.165, 1.54) is 0 Å². The molecule has 2 N–H and O–H groups in total. The molecule has 3 nitrogen and oxygen atoms in total. The quantitative estimate of drug-likeness (QED) is 0.771. The van der Waals surface area contributed by atoms with Crippen LogP contribution in [0.2, 0.25) is 0 Å². The Bertz CT molecular complexity index is 407. The van der Waals surface area contributed by atoms with Crippen molar-refractivity contribution in [2.24, 2.45) is 0 Å². The average molecular weight is 284 g/mol. The zero-order valence-electron chi connectivity index (χ0n) is 11.5. The van der Waals surface area contributed by atoms with Crippen LogP contribution in [0.25, 0.3) is 0 Å². The third-order valence-electron chi connectivity index (χ3n) is 2.55. The highest BCUT2D eigenvalue weighted by Gasteiger charge is 2.08. The Morgan fingerprint density at radius 3 is 2.74 bits per heavy atom. The molecule has 19 heavy (non-hydrogen) atoms. The molecule has 0 aromatic heterocycles. The molecule has 1 atom stereocenters. The Morgan fingerprint density at radius 1 is 1.42 bits per heavy atom. The lowest BCUT2D eigenvalue weighted by molar-refractivity contribution is 0.104. The number of aliphatic hydroxyl groups is 1.